The molecule has 1 atom stereocenters. The van der Waals surface area contributed by atoms with Gasteiger partial charge in [-0.3, -0.25) is 9.59 Å². The Balaban J connectivity index is 0.00000380. The molecule has 2 amide bonds. The number of anilines is 2. The van der Waals surface area contributed by atoms with Crippen molar-refractivity contribution in [3.05, 3.63) is 120 Å². The first-order valence-electron chi connectivity index (χ1n) is 11.3. The molecule has 4 rings (SSSR count). The Bertz CT molecular complexity index is 1360. The van der Waals surface area contributed by atoms with E-state index in [4.69, 9.17) is 5.73 Å². The van der Waals surface area contributed by atoms with Gasteiger partial charge in [0, 0.05) is 23.4 Å². The van der Waals surface area contributed by atoms with E-state index in [-0.39, 0.29) is 47.1 Å². The van der Waals surface area contributed by atoms with Gasteiger partial charge in [0.1, 0.15) is 6.04 Å². The number of rotatable bonds is 8. The van der Waals surface area contributed by atoms with Gasteiger partial charge in [-0.15, -0.1) is 0 Å². The van der Waals surface area contributed by atoms with E-state index in [0.717, 1.165) is 16.7 Å². The van der Waals surface area contributed by atoms with Crippen LogP contribution in [0.1, 0.15) is 26.3 Å². The number of hydrogen-bond acceptors (Lipinski definition) is 5. The molecule has 0 saturated carbocycles. The van der Waals surface area contributed by atoms with Crippen molar-refractivity contribution in [3.63, 3.8) is 0 Å². The van der Waals surface area contributed by atoms with Crippen LogP contribution in [0.3, 0.4) is 0 Å². The summed E-state index contributed by atoms with van der Waals surface area (Å²) in [6, 6.07) is 28.9. The standard InChI is InChI=1S/C29H25N3O4.Na/c30-24-14-16-25(17-15-24)31-28(34)26(32-27(33)22-10-12-23(13-11-22)29(35)36)18-19-6-8-21(9-7-19)20-4-2-1-3-5-20;/h1-17,26H,18,30H2,(H,31,34)(H,32,33)(H,35,36);/q;+1/p-1/t26-;/m0./s1. The van der Waals surface area contributed by atoms with Crippen molar-refractivity contribution in [2.75, 3.05) is 11.1 Å². The summed E-state index contributed by atoms with van der Waals surface area (Å²) in [5.74, 6) is -2.23. The molecule has 0 aliphatic carbocycles. The molecule has 0 spiro atoms. The van der Waals surface area contributed by atoms with Gasteiger partial charge < -0.3 is 26.3 Å². The summed E-state index contributed by atoms with van der Waals surface area (Å²) in [5.41, 5.74) is 10.0. The number of aromatic carboxylic acids is 1. The summed E-state index contributed by atoms with van der Waals surface area (Å²) in [6.07, 6.45) is 0.249. The Morgan fingerprint density at radius 2 is 1.30 bits per heavy atom. The molecule has 0 radical (unpaired) electrons. The Labute approximate surface area is 237 Å². The van der Waals surface area contributed by atoms with Crippen LogP contribution in [0.2, 0.25) is 0 Å². The number of carboxylic acids is 1. The van der Waals surface area contributed by atoms with Gasteiger partial charge in [0.15, 0.2) is 0 Å². The number of benzene rings is 4. The van der Waals surface area contributed by atoms with Gasteiger partial charge in [-0.2, -0.15) is 0 Å². The maximum atomic E-state index is 13.2. The fourth-order valence-corrected chi connectivity index (χ4v) is 3.70. The van der Waals surface area contributed by atoms with E-state index >= 15 is 0 Å². The second kappa shape index (κ2) is 12.9. The first-order chi connectivity index (χ1) is 17.4. The molecule has 37 heavy (non-hydrogen) atoms. The average molecular weight is 502 g/mol. The summed E-state index contributed by atoms with van der Waals surface area (Å²) < 4.78 is 0. The van der Waals surface area contributed by atoms with Crippen molar-refractivity contribution in [1.82, 2.24) is 5.32 Å². The monoisotopic (exact) mass is 501 g/mol. The zero-order valence-electron chi connectivity index (χ0n) is 20.3. The van der Waals surface area contributed by atoms with Gasteiger partial charge in [-0.05, 0) is 58.7 Å². The summed E-state index contributed by atoms with van der Waals surface area (Å²) >= 11 is 0. The average Bonchev–Trinajstić information content (AvgIpc) is 2.90. The van der Waals surface area contributed by atoms with E-state index in [1.165, 1.54) is 24.3 Å². The van der Waals surface area contributed by atoms with E-state index in [1.807, 2.05) is 54.6 Å². The second-order valence-electron chi connectivity index (χ2n) is 8.27. The van der Waals surface area contributed by atoms with Crippen LogP contribution in [0.15, 0.2) is 103 Å². The number of carbonyl (C=O) groups is 3. The number of nitrogen functional groups attached to an aromatic ring is 1. The van der Waals surface area contributed by atoms with Crippen molar-refractivity contribution < 1.29 is 49.0 Å². The number of nitrogens with one attached hydrogen (secondary N) is 2. The van der Waals surface area contributed by atoms with Gasteiger partial charge >= 0.3 is 29.6 Å². The third kappa shape index (κ3) is 7.54. The number of nitrogens with two attached hydrogens (primary N) is 1. The van der Waals surface area contributed by atoms with E-state index in [2.05, 4.69) is 10.6 Å². The summed E-state index contributed by atoms with van der Waals surface area (Å²) in [4.78, 5) is 37.0. The smallest absolute Gasteiger partial charge is 0.545 e. The van der Waals surface area contributed by atoms with E-state index < -0.39 is 23.8 Å². The molecule has 4 aromatic carbocycles. The molecule has 0 bridgehead atoms. The summed E-state index contributed by atoms with van der Waals surface area (Å²) in [6.45, 7) is 0. The van der Waals surface area contributed by atoms with Crippen LogP contribution in [0.25, 0.3) is 11.1 Å². The fourth-order valence-electron chi connectivity index (χ4n) is 3.70. The van der Waals surface area contributed by atoms with Crippen molar-refractivity contribution in [1.29, 1.82) is 0 Å². The molecular weight excluding hydrogens is 477 g/mol. The zero-order valence-corrected chi connectivity index (χ0v) is 22.3. The molecule has 0 aliphatic heterocycles. The van der Waals surface area contributed by atoms with Gasteiger partial charge in [0.05, 0.1) is 5.97 Å². The van der Waals surface area contributed by atoms with Crippen molar-refractivity contribution in [2.24, 2.45) is 0 Å². The molecule has 180 valence electrons. The first-order valence-corrected chi connectivity index (χ1v) is 11.3. The van der Waals surface area contributed by atoms with Crippen LogP contribution < -0.4 is 51.0 Å². The molecule has 7 nitrogen and oxygen atoms in total. The molecule has 0 heterocycles. The minimum Gasteiger partial charge on any atom is -0.545 e. The third-order valence-electron chi connectivity index (χ3n) is 5.68. The zero-order chi connectivity index (χ0) is 25.5. The van der Waals surface area contributed by atoms with E-state index in [9.17, 15) is 19.5 Å². The van der Waals surface area contributed by atoms with Crippen LogP contribution in [0, 0.1) is 0 Å². The molecule has 8 heteroatoms. The van der Waals surface area contributed by atoms with Crippen molar-refractivity contribution in [2.45, 2.75) is 12.5 Å². The minimum atomic E-state index is -1.33. The number of carboxylic acid groups (broad SMARTS) is 1. The van der Waals surface area contributed by atoms with Gasteiger partial charge in [-0.1, -0.05) is 66.7 Å². The summed E-state index contributed by atoms with van der Waals surface area (Å²) in [5, 5.41) is 16.6. The number of carbonyl (C=O) groups excluding carboxylic acids is 3. The maximum Gasteiger partial charge on any atom is 1.00 e. The van der Waals surface area contributed by atoms with Crippen LogP contribution in [0.5, 0.6) is 0 Å². The predicted molar refractivity (Wildman–Crippen MR) is 137 cm³/mol. The second-order valence-corrected chi connectivity index (χ2v) is 8.27. The normalized spacial score (nSPS) is 11.0. The molecule has 4 aromatic rings. The van der Waals surface area contributed by atoms with Gasteiger partial charge in [0.25, 0.3) is 5.91 Å². The Hall–Kier alpha value is -3.91. The van der Waals surface area contributed by atoms with Crippen molar-refractivity contribution in [3.8, 4) is 11.1 Å². The Morgan fingerprint density at radius 1 is 0.730 bits per heavy atom. The quantitative estimate of drug-likeness (QED) is 0.236. The maximum absolute atomic E-state index is 13.2. The molecule has 0 unspecified atom stereocenters. The van der Waals surface area contributed by atoms with Crippen LogP contribution in [-0.4, -0.2) is 23.8 Å². The topological polar surface area (TPSA) is 124 Å². The van der Waals surface area contributed by atoms with Crippen LogP contribution in [-0.2, 0) is 11.2 Å². The van der Waals surface area contributed by atoms with Crippen LogP contribution in [0.4, 0.5) is 11.4 Å². The fraction of sp³-hybridized carbons (Fsp3) is 0.0690. The van der Waals surface area contributed by atoms with Crippen LogP contribution >= 0.6 is 0 Å². The molecular formula is C29H24N3NaO4. The van der Waals surface area contributed by atoms with Gasteiger partial charge in [-0.25, -0.2) is 0 Å². The molecule has 0 aliphatic rings. The molecule has 0 saturated heterocycles. The van der Waals surface area contributed by atoms with Crippen molar-refractivity contribution >= 4 is 29.2 Å². The Kier molecular flexibility index (Phi) is 9.63. The minimum absolute atomic E-state index is 0. The molecule has 0 aromatic heterocycles. The SMILES string of the molecule is Nc1ccc(NC(=O)[C@H](Cc2ccc(-c3ccccc3)cc2)NC(=O)c2ccc(C(=O)[O-])cc2)cc1.[Na+]. The van der Waals surface area contributed by atoms with E-state index in [1.54, 1.807) is 24.3 Å². The number of hydrogen-bond donors (Lipinski definition) is 3. The first kappa shape index (κ1) is 27.7. The molecule has 0 fully saturated rings. The van der Waals surface area contributed by atoms with Gasteiger partial charge in [0.2, 0.25) is 5.91 Å². The van der Waals surface area contributed by atoms with E-state index in [0.29, 0.717) is 11.4 Å². The summed E-state index contributed by atoms with van der Waals surface area (Å²) in [7, 11) is 0. The Morgan fingerprint density at radius 3 is 1.89 bits per heavy atom. The predicted octanol–water partition coefficient (Wildman–Crippen LogP) is 0.283. The number of amides is 2. The largest absolute Gasteiger partial charge is 1.00 e. The molecule has 4 N–H and O–H groups in total. The third-order valence-corrected chi connectivity index (χ3v) is 5.68.